The average Bonchev–Trinajstić information content (AvgIpc) is 2.11. The highest BCUT2D eigenvalue weighted by atomic mass is 16.3. The van der Waals surface area contributed by atoms with Crippen molar-refractivity contribution in [1.82, 2.24) is 5.32 Å². The van der Waals surface area contributed by atoms with Crippen LogP contribution < -0.4 is 5.32 Å². The molecule has 0 saturated heterocycles. The summed E-state index contributed by atoms with van der Waals surface area (Å²) in [6.07, 6.45) is 2.48. The van der Waals surface area contributed by atoms with E-state index in [0.717, 1.165) is 12.8 Å². The molecule has 0 unspecified atom stereocenters. The molecule has 0 radical (unpaired) electrons. The lowest BCUT2D eigenvalue weighted by atomic mass is 9.79. The van der Waals surface area contributed by atoms with Gasteiger partial charge in [0, 0.05) is 12.0 Å². The third-order valence-corrected chi connectivity index (χ3v) is 3.14. The Morgan fingerprint density at radius 2 is 1.44 bits per heavy atom. The second-order valence-corrected chi connectivity index (χ2v) is 7.76. The quantitative estimate of drug-likeness (QED) is 0.768. The maximum absolute atomic E-state index is 12.1. The Bertz CT molecular complexity index is 269. The van der Waals surface area contributed by atoms with Crippen molar-refractivity contribution in [2.75, 3.05) is 6.54 Å². The molecule has 0 aliphatic rings. The van der Waals surface area contributed by atoms with E-state index in [-0.39, 0.29) is 16.7 Å². The number of amides is 1. The molecule has 0 aliphatic carbocycles. The molecule has 0 bridgehead atoms. The molecule has 0 spiro atoms. The zero-order valence-corrected chi connectivity index (χ0v) is 13.2. The lowest BCUT2D eigenvalue weighted by Crippen LogP contribution is -2.39. The van der Waals surface area contributed by atoms with Crippen molar-refractivity contribution in [3.05, 3.63) is 0 Å². The molecule has 0 aromatic heterocycles. The molecular weight excluding hydrogens is 226 g/mol. The number of hydrogen-bond acceptors (Lipinski definition) is 2. The van der Waals surface area contributed by atoms with E-state index in [4.69, 9.17) is 0 Å². The SMILES string of the molecule is CC(C)(C)CCC(C)(C)C(=O)NCCC(C)(C)O. The first-order valence-corrected chi connectivity index (χ1v) is 6.84. The summed E-state index contributed by atoms with van der Waals surface area (Å²) in [6.45, 7) is 14.6. The molecular formula is C15H31NO2. The first-order valence-electron chi connectivity index (χ1n) is 6.84. The van der Waals surface area contributed by atoms with Crippen LogP contribution in [0.2, 0.25) is 0 Å². The minimum Gasteiger partial charge on any atom is -0.390 e. The van der Waals surface area contributed by atoms with Gasteiger partial charge in [0.2, 0.25) is 5.91 Å². The van der Waals surface area contributed by atoms with Gasteiger partial charge in [-0.05, 0) is 38.5 Å². The molecule has 0 aromatic rings. The summed E-state index contributed by atoms with van der Waals surface area (Å²) in [5, 5.41) is 12.5. The zero-order valence-electron chi connectivity index (χ0n) is 13.2. The topological polar surface area (TPSA) is 49.3 Å². The Kier molecular flexibility index (Phi) is 5.86. The lowest BCUT2D eigenvalue weighted by molar-refractivity contribution is -0.130. The summed E-state index contributed by atoms with van der Waals surface area (Å²) in [6, 6.07) is 0. The Balaban J connectivity index is 4.15. The van der Waals surface area contributed by atoms with Crippen LogP contribution in [-0.2, 0) is 4.79 Å². The van der Waals surface area contributed by atoms with Gasteiger partial charge < -0.3 is 10.4 Å². The van der Waals surface area contributed by atoms with Gasteiger partial charge in [0.1, 0.15) is 0 Å². The van der Waals surface area contributed by atoms with Crippen molar-refractivity contribution in [2.45, 2.75) is 73.3 Å². The Morgan fingerprint density at radius 3 is 1.83 bits per heavy atom. The maximum Gasteiger partial charge on any atom is 0.225 e. The number of rotatable bonds is 6. The lowest BCUT2D eigenvalue weighted by Gasteiger charge is -2.28. The minimum atomic E-state index is -0.719. The van der Waals surface area contributed by atoms with Crippen LogP contribution in [0.3, 0.4) is 0 Å². The molecule has 3 nitrogen and oxygen atoms in total. The van der Waals surface area contributed by atoms with Crippen LogP contribution in [0.25, 0.3) is 0 Å². The fourth-order valence-electron chi connectivity index (χ4n) is 1.52. The van der Waals surface area contributed by atoms with Gasteiger partial charge in [-0.2, -0.15) is 0 Å². The molecule has 0 atom stereocenters. The van der Waals surface area contributed by atoms with E-state index < -0.39 is 5.60 Å². The standard InChI is InChI=1S/C15H31NO2/c1-13(2,3)8-9-14(4,5)12(17)16-11-10-15(6,7)18/h18H,8-11H2,1-7H3,(H,16,17). The number of aliphatic hydroxyl groups is 1. The van der Waals surface area contributed by atoms with E-state index >= 15 is 0 Å². The molecule has 1 amide bonds. The van der Waals surface area contributed by atoms with Crippen LogP contribution >= 0.6 is 0 Å². The summed E-state index contributed by atoms with van der Waals surface area (Å²) < 4.78 is 0. The monoisotopic (exact) mass is 257 g/mol. The van der Waals surface area contributed by atoms with Gasteiger partial charge in [-0.25, -0.2) is 0 Å². The smallest absolute Gasteiger partial charge is 0.225 e. The predicted molar refractivity (Wildman–Crippen MR) is 76.4 cm³/mol. The van der Waals surface area contributed by atoms with E-state index in [2.05, 4.69) is 26.1 Å². The van der Waals surface area contributed by atoms with Crippen molar-refractivity contribution >= 4 is 5.91 Å². The predicted octanol–water partition coefficient (Wildman–Crippen LogP) is 3.12. The zero-order chi connectivity index (χ0) is 14.6. The van der Waals surface area contributed by atoms with Gasteiger partial charge in [-0.15, -0.1) is 0 Å². The average molecular weight is 257 g/mol. The molecule has 0 saturated carbocycles. The summed E-state index contributed by atoms with van der Waals surface area (Å²) in [7, 11) is 0. The van der Waals surface area contributed by atoms with Crippen LogP contribution in [0.5, 0.6) is 0 Å². The van der Waals surface area contributed by atoms with Crippen LogP contribution in [0, 0.1) is 10.8 Å². The van der Waals surface area contributed by atoms with E-state index in [0.29, 0.717) is 13.0 Å². The van der Waals surface area contributed by atoms with Gasteiger partial charge in [0.25, 0.3) is 0 Å². The highest BCUT2D eigenvalue weighted by Crippen LogP contribution is 2.30. The van der Waals surface area contributed by atoms with Crippen molar-refractivity contribution in [3.8, 4) is 0 Å². The molecule has 108 valence electrons. The van der Waals surface area contributed by atoms with Crippen LogP contribution in [-0.4, -0.2) is 23.2 Å². The largest absolute Gasteiger partial charge is 0.390 e. The van der Waals surface area contributed by atoms with Gasteiger partial charge in [0.15, 0.2) is 0 Å². The molecule has 0 aromatic carbocycles. The summed E-state index contributed by atoms with van der Waals surface area (Å²) >= 11 is 0. The van der Waals surface area contributed by atoms with Crippen molar-refractivity contribution in [1.29, 1.82) is 0 Å². The normalized spacial score (nSPS) is 13.6. The van der Waals surface area contributed by atoms with Crippen LogP contribution in [0.15, 0.2) is 0 Å². The third kappa shape index (κ3) is 8.51. The van der Waals surface area contributed by atoms with Crippen molar-refractivity contribution < 1.29 is 9.90 Å². The minimum absolute atomic E-state index is 0.0796. The Morgan fingerprint density at radius 1 is 0.944 bits per heavy atom. The molecule has 0 fully saturated rings. The third-order valence-electron chi connectivity index (χ3n) is 3.14. The second-order valence-electron chi connectivity index (χ2n) is 7.76. The first kappa shape index (κ1) is 17.4. The summed E-state index contributed by atoms with van der Waals surface area (Å²) in [5.74, 6) is 0.0796. The van der Waals surface area contributed by atoms with Crippen LogP contribution in [0.4, 0.5) is 0 Å². The first-order chi connectivity index (χ1) is 7.83. The number of carbonyl (C=O) groups excluding carboxylic acids is 1. The number of hydrogen-bond donors (Lipinski definition) is 2. The summed E-state index contributed by atoms with van der Waals surface area (Å²) in [4.78, 5) is 12.1. The Labute approximate surface area is 112 Å². The summed E-state index contributed by atoms with van der Waals surface area (Å²) in [5.41, 5.74) is -0.805. The highest BCUT2D eigenvalue weighted by molar-refractivity contribution is 5.81. The molecule has 3 heteroatoms. The van der Waals surface area contributed by atoms with Gasteiger partial charge in [-0.3, -0.25) is 4.79 Å². The molecule has 18 heavy (non-hydrogen) atoms. The second kappa shape index (κ2) is 6.05. The highest BCUT2D eigenvalue weighted by Gasteiger charge is 2.29. The number of carbonyl (C=O) groups is 1. The molecule has 0 heterocycles. The molecule has 0 rings (SSSR count). The van der Waals surface area contributed by atoms with E-state index in [9.17, 15) is 9.90 Å². The van der Waals surface area contributed by atoms with Crippen LogP contribution in [0.1, 0.15) is 67.7 Å². The van der Waals surface area contributed by atoms with E-state index in [1.54, 1.807) is 13.8 Å². The Hall–Kier alpha value is -0.570. The van der Waals surface area contributed by atoms with Crippen molar-refractivity contribution in [2.24, 2.45) is 10.8 Å². The molecule has 2 N–H and O–H groups in total. The van der Waals surface area contributed by atoms with Gasteiger partial charge in [0.05, 0.1) is 5.60 Å². The fraction of sp³-hybridized carbons (Fsp3) is 0.933. The van der Waals surface area contributed by atoms with Gasteiger partial charge >= 0.3 is 0 Å². The molecule has 0 aliphatic heterocycles. The maximum atomic E-state index is 12.1. The fourth-order valence-corrected chi connectivity index (χ4v) is 1.52. The number of nitrogens with one attached hydrogen (secondary N) is 1. The van der Waals surface area contributed by atoms with Crippen molar-refractivity contribution in [3.63, 3.8) is 0 Å². The van der Waals surface area contributed by atoms with E-state index in [1.165, 1.54) is 0 Å². The van der Waals surface area contributed by atoms with Gasteiger partial charge in [-0.1, -0.05) is 34.6 Å². The van der Waals surface area contributed by atoms with E-state index in [1.807, 2.05) is 13.8 Å².